The smallest absolute Gasteiger partial charge is 0.305 e. The normalized spacial score (nSPS) is 12.8. The quantitative estimate of drug-likeness (QED) is 0.0324. The fourth-order valence-electron chi connectivity index (χ4n) is 7.57. The Morgan fingerprint density at radius 2 is 0.825 bits per heavy atom. The molecule has 3 N–H and O–H groups in total. The number of rotatable bonds is 46. The zero-order chi connectivity index (χ0) is 41.5. The van der Waals surface area contributed by atoms with Gasteiger partial charge in [0.05, 0.1) is 25.4 Å². The molecule has 0 aromatic heterocycles. The Kier molecular flexibility index (Phi) is 45.7. The Morgan fingerprint density at radius 1 is 0.474 bits per heavy atom. The van der Waals surface area contributed by atoms with E-state index < -0.39 is 12.1 Å². The first-order valence-electron chi connectivity index (χ1n) is 25.1. The highest BCUT2D eigenvalue weighted by atomic mass is 16.5. The second-order valence-electron chi connectivity index (χ2n) is 17.1. The zero-order valence-electron chi connectivity index (χ0n) is 38.1. The van der Waals surface area contributed by atoms with E-state index in [0.29, 0.717) is 19.4 Å². The van der Waals surface area contributed by atoms with E-state index in [1.165, 1.54) is 180 Å². The molecule has 0 aliphatic rings. The van der Waals surface area contributed by atoms with E-state index in [-0.39, 0.29) is 18.5 Å². The number of hydrogen-bond donors (Lipinski definition) is 3. The number of nitrogens with one attached hydrogen (secondary N) is 1. The molecule has 0 aromatic carbocycles. The van der Waals surface area contributed by atoms with E-state index >= 15 is 0 Å². The van der Waals surface area contributed by atoms with Gasteiger partial charge < -0.3 is 20.3 Å². The summed E-state index contributed by atoms with van der Waals surface area (Å²) in [6.07, 6.45) is 54.5. The largest absolute Gasteiger partial charge is 0.466 e. The van der Waals surface area contributed by atoms with Crippen LogP contribution < -0.4 is 5.32 Å². The van der Waals surface area contributed by atoms with E-state index in [2.05, 4.69) is 31.3 Å². The van der Waals surface area contributed by atoms with Gasteiger partial charge >= 0.3 is 5.97 Å². The summed E-state index contributed by atoms with van der Waals surface area (Å²) in [5.41, 5.74) is 0. The van der Waals surface area contributed by atoms with Crippen LogP contribution in [0.25, 0.3) is 0 Å². The molecule has 1 amide bonds. The van der Waals surface area contributed by atoms with Crippen LogP contribution in [0.1, 0.15) is 264 Å². The lowest BCUT2D eigenvalue weighted by Gasteiger charge is -2.20. The summed E-state index contributed by atoms with van der Waals surface area (Å²) in [5, 5.41) is 23.0. The fourth-order valence-corrected chi connectivity index (χ4v) is 7.57. The number of ether oxygens (including phenoxy) is 1. The molecule has 0 saturated heterocycles. The van der Waals surface area contributed by atoms with E-state index in [1.54, 1.807) is 6.08 Å². The van der Waals surface area contributed by atoms with Crippen molar-refractivity contribution >= 4 is 11.9 Å². The number of carbonyl (C=O) groups excluding carboxylic acids is 2. The van der Waals surface area contributed by atoms with Crippen molar-refractivity contribution in [1.29, 1.82) is 0 Å². The van der Waals surface area contributed by atoms with Crippen molar-refractivity contribution in [1.82, 2.24) is 5.32 Å². The van der Waals surface area contributed by atoms with Crippen molar-refractivity contribution in [2.75, 3.05) is 13.2 Å². The summed E-state index contributed by atoms with van der Waals surface area (Å²) >= 11 is 0. The molecule has 2 unspecified atom stereocenters. The van der Waals surface area contributed by atoms with Gasteiger partial charge in [-0.15, -0.1) is 0 Å². The molecule has 0 aliphatic heterocycles. The number of amides is 1. The van der Waals surface area contributed by atoms with Crippen molar-refractivity contribution < 1.29 is 24.5 Å². The maximum atomic E-state index is 12.4. The molecular formula is C51H97NO5. The van der Waals surface area contributed by atoms with Crippen molar-refractivity contribution in [3.05, 3.63) is 24.3 Å². The highest BCUT2D eigenvalue weighted by Crippen LogP contribution is 2.15. The number of aliphatic hydroxyl groups is 2. The molecule has 0 heterocycles. The maximum Gasteiger partial charge on any atom is 0.305 e. The molecule has 0 spiro atoms. The van der Waals surface area contributed by atoms with E-state index in [0.717, 1.165) is 57.8 Å². The lowest BCUT2D eigenvalue weighted by molar-refractivity contribution is -0.143. The molecule has 6 nitrogen and oxygen atoms in total. The van der Waals surface area contributed by atoms with Gasteiger partial charge in [-0.1, -0.05) is 218 Å². The van der Waals surface area contributed by atoms with Crippen LogP contribution in [0, 0.1) is 0 Å². The summed E-state index contributed by atoms with van der Waals surface area (Å²) in [6, 6.07) is -0.644. The summed E-state index contributed by atoms with van der Waals surface area (Å²) in [6.45, 7) is 4.84. The number of aliphatic hydroxyl groups excluding tert-OH is 2. The van der Waals surface area contributed by atoms with Crippen LogP contribution in [0.5, 0.6) is 0 Å². The predicted octanol–water partition coefficient (Wildman–Crippen LogP) is 14.7. The molecule has 0 aliphatic carbocycles. The first kappa shape index (κ1) is 55.3. The third-order valence-corrected chi connectivity index (χ3v) is 11.5. The molecule has 2 atom stereocenters. The average Bonchev–Trinajstić information content (AvgIpc) is 3.21. The molecule has 336 valence electrons. The molecule has 0 rings (SSSR count). The van der Waals surface area contributed by atoms with Crippen LogP contribution in [0.4, 0.5) is 0 Å². The van der Waals surface area contributed by atoms with Gasteiger partial charge in [0.25, 0.3) is 0 Å². The Bertz CT molecular complexity index is 889. The van der Waals surface area contributed by atoms with Gasteiger partial charge in [-0.2, -0.15) is 0 Å². The van der Waals surface area contributed by atoms with Gasteiger partial charge in [0.2, 0.25) is 5.91 Å². The first-order valence-corrected chi connectivity index (χ1v) is 25.1. The second-order valence-corrected chi connectivity index (χ2v) is 17.1. The standard InChI is InChI=1S/C51H97NO5/c1-3-5-7-9-11-13-15-17-19-20-22-24-29-33-37-41-45-51(56)57-46-42-38-34-30-26-25-28-32-36-40-44-50(55)52-48(47-53)49(54)43-39-35-31-27-23-21-18-16-14-12-10-8-6-4-2/h19-20,39,43,48-49,53-54H,3-18,21-38,40-42,44-47H2,1-2H3,(H,52,55)/b20-19-,43-39+. The third kappa shape index (κ3) is 43.7. The van der Waals surface area contributed by atoms with E-state index in [1.807, 2.05) is 6.08 Å². The van der Waals surface area contributed by atoms with Gasteiger partial charge in [0.15, 0.2) is 0 Å². The Hall–Kier alpha value is -1.66. The first-order chi connectivity index (χ1) is 28.0. The molecule has 57 heavy (non-hydrogen) atoms. The van der Waals surface area contributed by atoms with Crippen molar-refractivity contribution in [2.45, 2.75) is 276 Å². The van der Waals surface area contributed by atoms with Crippen LogP contribution in [-0.4, -0.2) is 47.4 Å². The molecule has 0 radical (unpaired) electrons. The topological polar surface area (TPSA) is 95.9 Å². The monoisotopic (exact) mass is 804 g/mol. The molecule has 6 heteroatoms. The highest BCUT2D eigenvalue weighted by Gasteiger charge is 2.18. The lowest BCUT2D eigenvalue weighted by Crippen LogP contribution is -2.45. The second kappa shape index (κ2) is 47.0. The predicted molar refractivity (Wildman–Crippen MR) is 246 cm³/mol. The van der Waals surface area contributed by atoms with Crippen LogP contribution in [0.15, 0.2) is 24.3 Å². The van der Waals surface area contributed by atoms with E-state index in [9.17, 15) is 19.8 Å². The van der Waals surface area contributed by atoms with E-state index in [4.69, 9.17) is 4.74 Å². The molecule has 0 bridgehead atoms. The van der Waals surface area contributed by atoms with Crippen molar-refractivity contribution in [3.63, 3.8) is 0 Å². The minimum atomic E-state index is -0.858. The average molecular weight is 804 g/mol. The SMILES string of the molecule is CCCCCCCCC/C=C\CCCCCCCC(=O)OCCCCCCCCCCCCC(=O)NC(CO)C(O)/C=C/CCCCCCCCCCCCCC. The number of hydrogen-bond acceptors (Lipinski definition) is 5. The minimum Gasteiger partial charge on any atom is -0.466 e. The molecular weight excluding hydrogens is 707 g/mol. The van der Waals surface area contributed by atoms with Gasteiger partial charge in [0, 0.05) is 12.8 Å². The van der Waals surface area contributed by atoms with Gasteiger partial charge in [-0.05, 0) is 57.8 Å². The maximum absolute atomic E-state index is 12.4. The van der Waals surface area contributed by atoms with Gasteiger partial charge in [0.1, 0.15) is 0 Å². The van der Waals surface area contributed by atoms with Gasteiger partial charge in [-0.25, -0.2) is 0 Å². The Morgan fingerprint density at radius 3 is 1.25 bits per heavy atom. The van der Waals surface area contributed by atoms with Gasteiger partial charge in [-0.3, -0.25) is 9.59 Å². The van der Waals surface area contributed by atoms with Crippen LogP contribution in [-0.2, 0) is 14.3 Å². The molecule has 0 aromatic rings. The summed E-state index contributed by atoms with van der Waals surface area (Å²) in [7, 11) is 0. The summed E-state index contributed by atoms with van der Waals surface area (Å²) in [4.78, 5) is 24.4. The number of carbonyl (C=O) groups is 2. The van der Waals surface area contributed by atoms with Crippen LogP contribution in [0.2, 0.25) is 0 Å². The lowest BCUT2D eigenvalue weighted by atomic mass is 10.0. The molecule has 0 saturated carbocycles. The fraction of sp³-hybridized carbons (Fsp3) is 0.882. The Labute approximate surface area is 354 Å². The highest BCUT2D eigenvalue weighted by molar-refractivity contribution is 5.76. The molecule has 0 fully saturated rings. The Balaban J connectivity index is 3.51. The third-order valence-electron chi connectivity index (χ3n) is 11.5. The zero-order valence-corrected chi connectivity index (χ0v) is 38.1. The van der Waals surface area contributed by atoms with Crippen LogP contribution in [0.3, 0.4) is 0 Å². The van der Waals surface area contributed by atoms with Crippen molar-refractivity contribution in [2.24, 2.45) is 0 Å². The summed E-state index contributed by atoms with van der Waals surface area (Å²) in [5.74, 6) is -0.120. The van der Waals surface area contributed by atoms with Crippen molar-refractivity contribution in [3.8, 4) is 0 Å². The number of unbranched alkanes of at least 4 members (excludes halogenated alkanes) is 33. The number of allylic oxidation sites excluding steroid dienone is 3. The summed E-state index contributed by atoms with van der Waals surface area (Å²) < 4.78 is 5.45. The minimum absolute atomic E-state index is 0.0286. The van der Waals surface area contributed by atoms with Crippen LogP contribution >= 0.6 is 0 Å². The number of esters is 1.